The molecule has 1 N–H and O–H groups in total. The molecular formula is C20H19BrClFN2O3S. The summed E-state index contributed by atoms with van der Waals surface area (Å²) in [4.78, 5) is 0. The van der Waals surface area contributed by atoms with Gasteiger partial charge in [-0.05, 0) is 54.0 Å². The molecule has 29 heavy (non-hydrogen) atoms. The van der Waals surface area contributed by atoms with Crippen LogP contribution in [0.1, 0.15) is 20.3 Å². The van der Waals surface area contributed by atoms with Gasteiger partial charge in [0.2, 0.25) is 0 Å². The number of hydrogen-bond donors (Lipinski definition) is 1. The first-order chi connectivity index (χ1) is 13.9. The molecule has 5 nitrogen and oxygen atoms in total. The fraction of sp³-hybridized carbons (Fsp3) is 0.300. The van der Waals surface area contributed by atoms with Crippen molar-refractivity contribution in [2.75, 3.05) is 13.2 Å². The minimum absolute atomic E-state index is 0.0261. The zero-order valence-electron chi connectivity index (χ0n) is 15.8. The number of aromatic nitrogens is 2. The van der Waals surface area contributed by atoms with E-state index < -0.39 is 5.82 Å². The summed E-state index contributed by atoms with van der Waals surface area (Å²) in [6.45, 7) is 4.10. The van der Waals surface area contributed by atoms with Crippen molar-refractivity contribution in [3.8, 4) is 32.6 Å². The first-order valence-electron chi connectivity index (χ1n) is 8.92. The lowest BCUT2D eigenvalue weighted by Gasteiger charge is -2.11. The van der Waals surface area contributed by atoms with Crippen molar-refractivity contribution in [1.82, 2.24) is 10.2 Å². The molecule has 0 atom stereocenters. The number of ether oxygens (including phenoxy) is 2. The molecule has 0 aliphatic carbocycles. The Kier molecular flexibility index (Phi) is 7.45. The van der Waals surface area contributed by atoms with Crippen molar-refractivity contribution < 1.29 is 19.0 Å². The number of benzene rings is 2. The molecule has 0 radical (unpaired) electrons. The molecule has 0 bridgehead atoms. The average molecular weight is 502 g/mol. The van der Waals surface area contributed by atoms with Crippen molar-refractivity contribution in [1.29, 1.82) is 0 Å². The number of halogens is 3. The first kappa shape index (κ1) is 22.0. The van der Waals surface area contributed by atoms with Gasteiger partial charge in [0, 0.05) is 30.2 Å². The third-order valence-corrected chi connectivity index (χ3v) is 5.72. The van der Waals surface area contributed by atoms with Gasteiger partial charge in [0.15, 0.2) is 11.6 Å². The topological polar surface area (TPSA) is 64.5 Å². The summed E-state index contributed by atoms with van der Waals surface area (Å²) in [5.74, 6) is 0.244. The summed E-state index contributed by atoms with van der Waals surface area (Å²) in [6, 6.07) is 8.37. The lowest BCUT2D eigenvalue weighted by atomic mass is 10.2. The molecule has 3 aromatic rings. The van der Waals surface area contributed by atoms with Gasteiger partial charge >= 0.3 is 0 Å². The van der Waals surface area contributed by atoms with Gasteiger partial charge in [0.05, 0.1) is 22.2 Å². The van der Waals surface area contributed by atoms with Crippen LogP contribution < -0.4 is 9.47 Å². The summed E-state index contributed by atoms with van der Waals surface area (Å²) in [6.07, 6.45) is 0.479. The third-order valence-electron chi connectivity index (χ3n) is 3.78. The Labute approximate surface area is 185 Å². The van der Waals surface area contributed by atoms with E-state index in [1.54, 1.807) is 0 Å². The van der Waals surface area contributed by atoms with Crippen molar-refractivity contribution in [3.63, 3.8) is 0 Å². The molecular weight excluding hydrogens is 483 g/mol. The van der Waals surface area contributed by atoms with Gasteiger partial charge in [-0.25, -0.2) is 4.39 Å². The van der Waals surface area contributed by atoms with Gasteiger partial charge in [0.25, 0.3) is 0 Å². The van der Waals surface area contributed by atoms with E-state index in [-0.39, 0.29) is 25.1 Å². The van der Waals surface area contributed by atoms with Crippen molar-refractivity contribution in [3.05, 3.63) is 45.6 Å². The maximum atomic E-state index is 14.4. The molecule has 2 aromatic carbocycles. The van der Waals surface area contributed by atoms with E-state index in [2.05, 4.69) is 26.1 Å². The van der Waals surface area contributed by atoms with Gasteiger partial charge in [-0.2, -0.15) is 0 Å². The first-order valence-corrected chi connectivity index (χ1v) is 10.9. The van der Waals surface area contributed by atoms with Crippen LogP contribution in [0.2, 0.25) is 5.02 Å². The van der Waals surface area contributed by atoms with Crippen LogP contribution in [0.4, 0.5) is 4.39 Å². The Morgan fingerprint density at radius 3 is 2.62 bits per heavy atom. The molecule has 0 fully saturated rings. The van der Waals surface area contributed by atoms with Gasteiger partial charge in [-0.3, -0.25) is 0 Å². The third kappa shape index (κ3) is 5.45. The molecule has 154 valence electrons. The zero-order chi connectivity index (χ0) is 21.0. The van der Waals surface area contributed by atoms with Crippen LogP contribution in [0, 0.1) is 5.82 Å². The predicted molar refractivity (Wildman–Crippen MR) is 116 cm³/mol. The largest absolute Gasteiger partial charge is 0.490 e. The Morgan fingerprint density at radius 2 is 1.93 bits per heavy atom. The van der Waals surface area contributed by atoms with Gasteiger partial charge in [-0.1, -0.05) is 22.9 Å². The van der Waals surface area contributed by atoms with Crippen LogP contribution in [0.15, 0.2) is 34.8 Å². The molecule has 9 heteroatoms. The van der Waals surface area contributed by atoms with Crippen molar-refractivity contribution >= 4 is 38.9 Å². The Morgan fingerprint density at radius 1 is 1.17 bits per heavy atom. The molecule has 0 aliphatic heterocycles. The van der Waals surface area contributed by atoms with E-state index >= 15 is 0 Å². The van der Waals surface area contributed by atoms with Crippen LogP contribution in [0.5, 0.6) is 11.5 Å². The molecule has 0 saturated heterocycles. The lowest BCUT2D eigenvalue weighted by Crippen LogP contribution is -2.05. The second kappa shape index (κ2) is 9.84. The second-order valence-corrected chi connectivity index (χ2v) is 8.65. The highest BCUT2D eigenvalue weighted by molar-refractivity contribution is 9.10. The van der Waals surface area contributed by atoms with Crippen LogP contribution in [-0.2, 0) is 0 Å². The predicted octanol–water partition coefficient (Wildman–Crippen LogP) is 5.98. The van der Waals surface area contributed by atoms with E-state index in [0.29, 0.717) is 27.0 Å². The van der Waals surface area contributed by atoms with E-state index in [1.165, 1.54) is 23.5 Å². The van der Waals surface area contributed by atoms with Gasteiger partial charge < -0.3 is 14.6 Å². The van der Waals surface area contributed by atoms with E-state index in [4.69, 9.17) is 26.2 Å². The highest BCUT2D eigenvalue weighted by atomic mass is 79.9. The smallest absolute Gasteiger partial charge is 0.165 e. The van der Waals surface area contributed by atoms with E-state index in [9.17, 15) is 4.39 Å². The average Bonchev–Trinajstić information content (AvgIpc) is 3.15. The Bertz CT molecular complexity index is 1000. The Hall–Kier alpha value is -1.74. The van der Waals surface area contributed by atoms with Gasteiger partial charge in [0.1, 0.15) is 15.8 Å². The number of aliphatic hydroxyl groups is 1. The second-order valence-electron chi connectivity index (χ2n) is 6.41. The molecule has 1 aromatic heterocycles. The number of nitrogens with zero attached hydrogens (tertiary/aromatic N) is 2. The number of hydrogen-bond acceptors (Lipinski definition) is 6. The number of rotatable bonds is 8. The monoisotopic (exact) mass is 500 g/mol. The van der Waals surface area contributed by atoms with Crippen LogP contribution in [-0.4, -0.2) is 34.6 Å². The zero-order valence-corrected chi connectivity index (χ0v) is 18.9. The fourth-order valence-electron chi connectivity index (χ4n) is 2.48. The SMILES string of the molecule is CC(C)Oc1ccc(-c2nnc(-c3cc(F)c(OCCCO)cc3Cl)s2)cc1Br. The maximum absolute atomic E-state index is 14.4. The number of aliphatic hydroxyl groups excluding tert-OH is 1. The molecule has 0 unspecified atom stereocenters. The maximum Gasteiger partial charge on any atom is 0.165 e. The fourth-order valence-corrected chi connectivity index (χ4v) is 4.12. The summed E-state index contributed by atoms with van der Waals surface area (Å²) in [5.41, 5.74) is 1.30. The standard InChI is InChI=1S/C20H19BrClFN2O3S/c1-11(2)28-17-5-4-12(8-14(17)21)19-24-25-20(29-19)13-9-16(23)18(10-15(13)22)27-7-3-6-26/h4-5,8-11,26H,3,6-7H2,1-2H3. The minimum atomic E-state index is -0.544. The quantitative estimate of drug-likeness (QED) is 0.385. The molecule has 0 saturated carbocycles. The van der Waals surface area contributed by atoms with E-state index in [1.807, 2.05) is 32.0 Å². The van der Waals surface area contributed by atoms with Crippen LogP contribution >= 0.6 is 38.9 Å². The summed E-state index contributed by atoms with van der Waals surface area (Å²) < 4.78 is 26.2. The van der Waals surface area contributed by atoms with Crippen LogP contribution in [0.3, 0.4) is 0 Å². The van der Waals surface area contributed by atoms with E-state index in [0.717, 1.165) is 15.8 Å². The molecule has 1 heterocycles. The van der Waals surface area contributed by atoms with Crippen molar-refractivity contribution in [2.24, 2.45) is 0 Å². The highest BCUT2D eigenvalue weighted by Gasteiger charge is 2.17. The minimum Gasteiger partial charge on any atom is -0.490 e. The molecule has 0 aliphatic rings. The molecule has 3 rings (SSSR count). The van der Waals surface area contributed by atoms with Gasteiger partial charge in [-0.15, -0.1) is 10.2 Å². The lowest BCUT2D eigenvalue weighted by molar-refractivity contribution is 0.228. The summed E-state index contributed by atoms with van der Waals surface area (Å²) in [7, 11) is 0. The van der Waals surface area contributed by atoms with Crippen LogP contribution in [0.25, 0.3) is 21.1 Å². The highest BCUT2D eigenvalue weighted by Crippen LogP contribution is 2.38. The molecule has 0 spiro atoms. The summed E-state index contributed by atoms with van der Waals surface area (Å²) in [5, 5.41) is 18.7. The molecule has 0 amide bonds. The Balaban J connectivity index is 1.84. The summed E-state index contributed by atoms with van der Waals surface area (Å²) >= 11 is 11.1. The normalized spacial score (nSPS) is 11.1. The van der Waals surface area contributed by atoms with Crippen molar-refractivity contribution in [2.45, 2.75) is 26.4 Å².